The molecule has 3 heterocycles. The van der Waals surface area contributed by atoms with E-state index in [1.165, 1.54) is 29.2 Å². The first-order chi connectivity index (χ1) is 15.7. The molecule has 33 heavy (non-hydrogen) atoms. The molecule has 0 saturated carbocycles. The van der Waals surface area contributed by atoms with E-state index in [4.69, 9.17) is 5.11 Å². The number of nitrogens with zero attached hydrogens (tertiary/aromatic N) is 4. The zero-order valence-electron chi connectivity index (χ0n) is 18.9. The lowest BCUT2D eigenvalue weighted by atomic mass is 10.1. The van der Waals surface area contributed by atoms with Crippen molar-refractivity contribution >= 4 is 38.5 Å². The van der Waals surface area contributed by atoms with E-state index in [1.54, 1.807) is 4.90 Å². The average molecular weight is 474 g/mol. The molecule has 176 valence electrons. The zero-order chi connectivity index (χ0) is 23.7. The standard InChI is InChI=1S/C23H28FN5O3S/c1-13-6-19-20(7-14(13)2)33-22(26-19)27-23(32)29-5-4-28(11-15(29)3)21-18(24)9-16(10-25-21)8-17(31)12-30/h6-7,9-10,15,17,30-31H,4-5,8,11-12H2,1-3H3,(H,26,27,32)/t15-,17+/m0/s1. The zero-order valence-corrected chi connectivity index (χ0v) is 19.7. The number of urea groups is 1. The average Bonchev–Trinajstić information content (AvgIpc) is 3.14. The number of rotatable bonds is 5. The molecule has 1 fully saturated rings. The van der Waals surface area contributed by atoms with Crippen molar-refractivity contribution in [2.75, 3.05) is 36.5 Å². The molecule has 1 saturated heterocycles. The molecule has 3 aromatic rings. The Balaban J connectivity index is 1.40. The van der Waals surface area contributed by atoms with Gasteiger partial charge in [-0.2, -0.15) is 0 Å². The summed E-state index contributed by atoms with van der Waals surface area (Å²) < 4.78 is 15.7. The monoisotopic (exact) mass is 473 g/mol. The number of halogens is 1. The van der Waals surface area contributed by atoms with Gasteiger partial charge in [0.15, 0.2) is 16.8 Å². The minimum atomic E-state index is -0.942. The number of benzene rings is 1. The topological polar surface area (TPSA) is 102 Å². The summed E-state index contributed by atoms with van der Waals surface area (Å²) in [6.45, 7) is 6.92. The molecule has 1 aromatic carbocycles. The Morgan fingerprint density at radius 3 is 2.76 bits per heavy atom. The molecule has 0 unspecified atom stereocenters. The van der Waals surface area contributed by atoms with E-state index in [2.05, 4.69) is 28.3 Å². The van der Waals surface area contributed by atoms with Crippen LogP contribution in [-0.2, 0) is 6.42 Å². The largest absolute Gasteiger partial charge is 0.394 e. The van der Waals surface area contributed by atoms with Gasteiger partial charge in [0.05, 0.1) is 22.9 Å². The fourth-order valence-electron chi connectivity index (χ4n) is 4.00. The highest BCUT2D eigenvalue weighted by Crippen LogP contribution is 2.29. The summed E-state index contributed by atoms with van der Waals surface area (Å²) in [6, 6.07) is 5.06. The number of aromatic nitrogens is 2. The van der Waals surface area contributed by atoms with Gasteiger partial charge < -0.3 is 20.0 Å². The van der Waals surface area contributed by atoms with Crippen molar-refractivity contribution in [3.05, 3.63) is 46.9 Å². The number of amides is 2. The van der Waals surface area contributed by atoms with Crippen molar-refractivity contribution in [2.45, 2.75) is 39.3 Å². The van der Waals surface area contributed by atoms with Crippen LogP contribution in [0.1, 0.15) is 23.6 Å². The summed E-state index contributed by atoms with van der Waals surface area (Å²) >= 11 is 1.45. The molecule has 8 nitrogen and oxygen atoms in total. The summed E-state index contributed by atoms with van der Waals surface area (Å²) in [5.74, 6) is -0.260. The smallest absolute Gasteiger partial charge is 0.324 e. The molecule has 1 aliphatic rings. The predicted octanol–water partition coefficient (Wildman–Crippen LogP) is 3.09. The van der Waals surface area contributed by atoms with E-state index < -0.39 is 11.9 Å². The number of piperazine rings is 1. The summed E-state index contributed by atoms with van der Waals surface area (Å²) in [5.41, 5.74) is 3.74. The van der Waals surface area contributed by atoms with E-state index in [1.807, 2.05) is 24.8 Å². The molecule has 10 heteroatoms. The third kappa shape index (κ3) is 5.07. The number of aliphatic hydroxyl groups is 2. The number of aryl methyl sites for hydroxylation is 2. The van der Waals surface area contributed by atoms with Gasteiger partial charge in [0.1, 0.15) is 0 Å². The third-order valence-electron chi connectivity index (χ3n) is 5.97. The molecule has 4 rings (SSSR count). The Morgan fingerprint density at radius 1 is 1.30 bits per heavy atom. The first kappa shape index (κ1) is 23.3. The molecule has 3 N–H and O–H groups in total. The second-order valence-corrected chi connectivity index (χ2v) is 9.56. The van der Waals surface area contributed by atoms with E-state index in [9.17, 15) is 14.3 Å². The van der Waals surface area contributed by atoms with E-state index in [-0.39, 0.29) is 30.9 Å². The highest BCUT2D eigenvalue weighted by Gasteiger charge is 2.30. The van der Waals surface area contributed by atoms with Crippen LogP contribution in [0.5, 0.6) is 0 Å². The van der Waals surface area contributed by atoms with Crippen LogP contribution in [0.2, 0.25) is 0 Å². The number of aliphatic hydroxyl groups excluding tert-OH is 2. The highest BCUT2D eigenvalue weighted by molar-refractivity contribution is 7.22. The maximum Gasteiger partial charge on any atom is 0.324 e. The molecule has 2 amide bonds. The summed E-state index contributed by atoms with van der Waals surface area (Å²) in [6.07, 6.45) is 0.704. The maximum atomic E-state index is 14.7. The number of hydrogen-bond acceptors (Lipinski definition) is 7. The summed E-state index contributed by atoms with van der Waals surface area (Å²) in [5, 5.41) is 22.0. The summed E-state index contributed by atoms with van der Waals surface area (Å²) in [7, 11) is 0. The number of thiazole rings is 1. The Morgan fingerprint density at radius 2 is 2.06 bits per heavy atom. The quantitative estimate of drug-likeness (QED) is 0.526. The Bertz CT molecular complexity index is 1130. The van der Waals surface area contributed by atoms with Gasteiger partial charge >= 0.3 is 6.03 Å². The van der Waals surface area contributed by atoms with Crippen molar-refractivity contribution in [3.63, 3.8) is 0 Å². The highest BCUT2D eigenvalue weighted by atomic mass is 32.1. The SMILES string of the molecule is Cc1cc2nc(NC(=O)N3CCN(c4ncc(C[C@@H](O)CO)cc4F)C[C@@H]3C)sc2cc1C. The normalized spacial score (nSPS) is 17.5. The van der Waals surface area contributed by atoms with Crippen molar-refractivity contribution < 1.29 is 19.4 Å². The van der Waals surface area contributed by atoms with Crippen LogP contribution in [0.3, 0.4) is 0 Å². The molecule has 0 radical (unpaired) electrons. The minimum absolute atomic E-state index is 0.135. The van der Waals surface area contributed by atoms with Crippen LogP contribution < -0.4 is 10.2 Å². The number of fused-ring (bicyclic) bond motifs is 1. The molecule has 0 bridgehead atoms. The predicted molar refractivity (Wildman–Crippen MR) is 127 cm³/mol. The molecular formula is C23H28FN5O3S. The number of nitrogens with one attached hydrogen (secondary N) is 1. The molecule has 2 aromatic heterocycles. The van der Waals surface area contributed by atoms with E-state index in [0.29, 0.717) is 30.3 Å². The third-order valence-corrected chi connectivity index (χ3v) is 6.90. The molecular weight excluding hydrogens is 445 g/mol. The van der Waals surface area contributed by atoms with Crippen LogP contribution in [0.4, 0.5) is 20.1 Å². The lowest BCUT2D eigenvalue weighted by molar-refractivity contribution is 0.0954. The van der Waals surface area contributed by atoms with Gasteiger partial charge in [0.25, 0.3) is 0 Å². The van der Waals surface area contributed by atoms with E-state index in [0.717, 1.165) is 15.8 Å². The van der Waals surface area contributed by atoms with E-state index >= 15 is 0 Å². The maximum absolute atomic E-state index is 14.7. The van der Waals surface area contributed by atoms with Crippen molar-refractivity contribution in [1.82, 2.24) is 14.9 Å². The number of anilines is 2. The van der Waals surface area contributed by atoms with Gasteiger partial charge in [-0.05, 0) is 55.7 Å². The Hall–Kier alpha value is -2.82. The van der Waals surface area contributed by atoms with Crippen LogP contribution in [-0.4, -0.2) is 69.5 Å². The van der Waals surface area contributed by atoms with Crippen LogP contribution in [0.25, 0.3) is 10.2 Å². The number of pyridine rings is 1. The van der Waals surface area contributed by atoms with Crippen LogP contribution in [0, 0.1) is 19.7 Å². The fourth-order valence-corrected chi connectivity index (χ4v) is 4.94. The first-order valence-corrected chi connectivity index (χ1v) is 11.7. The Labute approximate surface area is 195 Å². The van der Waals surface area contributed by atoms with Gasteiger partial charge in [0, 0.05) is 38.3 Å². The van der Waals surface area contributed by atoms with Gasteiger partial charge in [0.2, 0.25) is 0 Å². The van der Waals surface area contributed by atoms with Crippen LogP contribution >= 0.6 is 11.3 Å². The molecule has 2 atom stereocenters. The van der Waals surface area contributed by atoms with Crippen LogP contribution in [0.15, 0.2) is 24.4 Å². The second kappa shape index (κ2) is 9.58. The van der Waals surface area contributed by atoms with Crippen molar-refractivity contribution in [1.29, 1.82) is 0 Å². The van der Waals surface area contributed by atoms with Gasteiger partial charge in [-0.3, -0.25) is 5.32 Å². The molecule has 0 spiro atoms. The molecule has 1 aliphatic heterocycles. The van der Waals surface area contributed by atoms with Gasteiger partial charge in [-0.1, -0.05) is 11.3 Å². The number of hydrogen-bond donors (Lipinski definition) is 3. The lowest BCUT2D eigenvalue weighted by Gasteiger charge is -2.40. The number of carbonyl (C=O) groups is 1. The van der Waals surface area contributed by atoms with Gasteiger partial charge in [-0.25, -0.2) is 19.2 Å². The van der Waals surface area contributed by atoms with Crippen molar-refractivity contribution in [2.24, 2.45) is 0 Å². The first-order valence-electron chi connectivity index (χ1n) is 10.9. The number of carbonyl (C=O) groups excluding carboxylic acids is 1. The second-order valence-electron chi connectivity index (χ2n) is 8.53. The summed E-state index contributed by atoms with van der Waals surface area (Å²) in [4.78, 5) is 25.2. The van der Waals surface area contributed by atoms with Gasteiger partial charge in [-0.15, -0.1) is 0 Å². The fraction of sp³-hybridized carbons (Fsp3) is 0.435. The lowest BCUT2D eigenvalue weighted by Crippen LogP contribution is -2.55. The molecule has 0 aliphatic carbocycles. The van der Waals surface area contributed by atoms with Crippen molar-refractivity contribution in [3.8, 4) is 0 Å². The Kier molecular flexibility index (Phi) is 6.78. The minimum Gasteiger partial charge on any atom is -0.394 e.